The molecule has 2 heterocycles. The van der Waals surface area contributed by atoms with E-state index in [9.17, 15) is 13.2 Å². The molecule has 21 heavy (non-hydrogen) atoms. The van der Waals surface area contributed by atoms with Gasteiger partial charge >= 0.3 is 0 Å². The van der Waals surface area contributed by atoms with Crippen molar-refractivity contribution in [1.29, 1.82) is 0 Å². The van der Waals surface area contributed by atoms with Crippen LogP contribution in [0.2, 0.25) is 0 Å². The predicted molar refractivity (Wildman–Crippen MR) is 79.5 cm³/mol. The van der Waals surface area contributed by atoms with Gasteiger partial charge in [0.25, 0.3) is 0 Å². The van der Waals surface area contributed by atoms with Crippen molar-refractivity contribution in [2.75, 3.05) is 31.9 Å². The van der Waals surface area contributed by atoms with E-state index >= 15 is 0 Å². The number of hydrogen-bond donors (Lipinski definition) is 1. The number of hydrogen-bond acceptors (Lipinski definition) is 4. The lowest BCUT2D eigenvalue weighted by Crippen LogP contribution is -2.53. The molecule has 0 aliphatic carbocycles. The monoisotopic (exact) mass is 308 g/mol. The smallest absolute Gasteiger partial charge is 0.238 e. The summed E-state index contributed by atoms with van der Waals surface area (Å²) in [7, 11) is -3.54. The summed E-state index contributed by atoms with van der Waals surface area (Å²) < 4.78 is 24.5. The lowest BCUT2D eigenvalue weighted by atomic mass is 9.86. The first-order valence-corrected chi connectivity index (χ1v) is 8.96. The standard InChI is InChI=1S/C15H20N2O3S/c18-15(11-21(19,20)14-4-2-1-3-5-14)17-9-12-6-13(10-17)8-16-7-12/h1-5,12-13,16H,6-11H2. The molecule has 2 saturated heterocycles. The number of rotatable bonds is 3. The molecular weight excluding hydrogens is 288 g/mol. The van der Waals surface area contributed by atoms with Crippen molar-refractivity contribution in [1.82, 2.24) is 10.2 Å². The largest absolute Gasteiger partial charge is 0.341 e. The number of carbonyl (C=O) groups excluding carboxylic acids is 1. The lowest BCUT2D eigenvalue weighted by molar-refractivity contribution is -0.131. The average molecular weight is 308 g/mol. The third-order valence-corrected chi connectivity index (χ3v) is 5.88. The van der Waals surface area contributed by atoms with Gasteiger partial charge in [-0.1, -0.05) is 18.2 Å². The highest BCUT2D eigenvalue weighted by atomic mass is 32.2. The summed E-state index contributed by atoms with van der Waals surface area (Å²) in [6.07, 6.45) is 1.14. The van der Waals surface area contributed by atoms with Gasteiger partial charge in [0.05, 0.1) is 4.90 Å². The van der Waals surface area contributed by atoms with E-state index in [-0.39, 0.29) is 10.8 Å². The predicted octanol–water partition coefficient (Wildman–Crippen LogP) is 0.528. The van der Waals surface area contributed by atoms with Gasteiger partial charge in [0.1, 0.15) is 5.75 Å². The highest BCUT2D eigenvalue weighted by Gasteiger charge is 2.34. The van der Waals surface area contributed by atoms with Gasteiger partial charge in [-0.25, -0.2) is 8.42 Å². The van der Waals surface area contributed by atoms with Crippen LogP contribution in [0.1, 0.15) is 6.42 Å². The Bertz CT molecular complexity index is 603. The molecule has 2 aliphatic heterocycles. The van der Waals surface area contributed by atoms with E-state index in [1.165, 1.54) is 12.1 Å². The zero-order chi connectivity index (χ0) is 14.9. The fourth-order valence-corrected chi connectivity index (χ4v) is 4.52. The number of benzene rings is 1. The van der Waals surface area contributed by atoms with Crippen LogP contribution >= 0.6 is 0 Å². The SMILES string of the molecule is O=C(CS(=O)(=O)c1ccccc1)N1CC2CNCC(C2)C1. The van der Waals surface area contributed by atoms with E-state index in [2.05, 4.69) is 5.32 Å². The minimum Gasteiger partial charge on any atom is -0.341 e. The van der Waals surface area contributed by atoms with Crippen LogP contribution in [0.3, 0.4) is 0 Å². The molecule has 3 rings (SSSR count). The first-order chi connectivity index (χ1) is 10.0. The van der Waals surface area contributed by atoms with Crippen LogP contribution in [-0.2, 0) is 14.6 Å². The summed E-state index contributed by atoms with van der Waals surface area (Å²) in [6.45, 7) is 3.19. The van der Waals surface area contributed by atoms with Crippen molar-refractivity contribution in [3.63, 3.8) is 0 Å². The number of nitrogens with one attached hydrogen (secondary N) is 1. The molecule has 6 heteroatoms. The molecule has 0 saturated carbocycles. The van der Waals surface area contributed by atoms with Gasteiger partial charge in [0.15, 0.2) is 9.84 Å². The molecule has 0 spiro atoms. The Hall–Kier alpha value is -1.40. The fourth-order valence-electron chi connectivity index (χ4n) is 3.27. The second-order valence-corrected chi connectivity index (χ2v) is 7.99. The average Bonchev–Trinajstić information content (AvgIpc) is 2.47. The number of carbonyl (C=O) groups is 1. The maximum absolute atomic E-state index is 12.3. The van der Waals surface area contributed by atoms with Crippen molar-refractivity contribution in [2.45, 2.75) is 11.3 Å². The molecule has 2 unspecified atom stereocenters. The molecule has 1 N–H and O–H groups in total. The van der Waals surface area contributed by atoms with Crippen LogP contribution in [0.4, 0.5) is 0 Å². The van der Waals surface area contributed by atoms with Crippen molar-refractivity contribution in [3.05, 3.63) is 30.3 Å². The fraction of sp³-hybridized carbons (Fsp3) is 0.533. The minimum atomic E-state index is -3.54. The van der Waals surface area contributed by atoms with Crippen LogP contribution in [0.15, 0.2) is 35.2 Å². The lowest BCUT2D eigenvalue weighted by Gasteiger charge is -2.41. The van der Waals surface area contributed by atoms with E-state index in [0.29, 0.717) is 24.9 Å². The maximum Gasteiger partial charge on any atom is 0.238 e. The van der Waals surface area contributed by atoms with Gasteiger partial charge in [-0.2, -0.15) is 0 Å². The van der Waals surface area contributed by atoms with Crippen LogP contribution in [0, 0.1) is 11.8 Å². The Balaban J connectivity index is 1.69. The molecule has 5 nitrogen and oxygen atoms in total. The second-order valence-electron chi connectivity index (χ2n) is 6.00. The highest BCUT2D eigenvalue weighted by Crippen LogP contribution is 2.25. The summed E-state index contributed by atoms with van der Waals surface area (Å²) >= 11 is 0. The molecule has 0 aromatic heterocycles. The normalized spacial score (nSPS) is 25.6. The summed E-state index contributed by atoms with van der Waals surface area (Å²) in [6, 6.07) is 8.19. The van der Waals surface area contributed by atoms with Crippen LogP contribution in [-0.4, -0.2) is 51.2 Å². The highest BCUT2D eigenvalue weighted by molar-refractivity contribution is 7.92. The number of sulfone groups is 1. The first-order valence-electron chi connectivity index (χ1n) is 7.31. The van der Waals surface area contributed by atoms with Gasteiger partial charge in [-0.15, -0.1) is 0 Å². The molecule has 1 aromatic rings. The van der Waals surface area contributed by atoms with E-state index in [1.54, 1.807) is 23.1 Å². The maximum atomic E-state index is 12.3. The van der Waals surface area contributed by atoms with Crippen molar-refractivity contribution < 1.29 is 13.2 Å². The number of piperidine rings is 2. The van der Waals surface area contributed by atoms with E-state index in [4.69, 9.17) is 0 Å². The topological polar surface area (TPSA) is 66.5 Å². The summed E-state index contributed by atoms with van der Waals surface area (Å²) in [5, 5.41) is 3.36. The number of amides is 1. The molecule has 2 fully saturated rings. The zero-order valence-corrected chi connectivity index (χ0v) is 12.7. The van der Waals surface area contributed by atoms with Crippen LogP contribution < -0.4 is 5.32 Å². The third-order valence-electron chi connectivity index (χ3n) is 4.26. The Labute approximate surface area is 125 Å². The molecular formula is C15H20N2O3S. The van der Waals surface area contributed by atoms with Gasteiger partial charge in [-0.05, 0) is 43.5 Å². The van der Waals surface area contributed by atoms with Crippen LogP contribution in [0.5, 0.6) is 0 Å². The number of fused-ring (bicyclic) bond motifs is 2. The zero-order valence-electron chi connectivity index (χ0n) is 11.9. The Kier molecular flexibility index (Phi) is 3.99. The van der Waals surface area contributed by atoms with Crippen molar-refractivity contribution >= 4 is 15.7 Å². The van der Waals surface area contributed by atoms with E-state index in [0.717, 1.165) is 19.5 Å². The Morgan fingerprint density at radius 3 is 2.38 bits per heavy atom. The molecule has 1 amide bonds. The molecule has 1 aromatic carbocycles. The van der Waals surface area contributed by atoms with Gasteiger partial charge in [0, 0.05) is 13.1 Å². The van der Waals surface area contributed by atoms with Gasteiger partial charge < -0.3 is 10.2 Å². The Morgan fingerprint density at radius 2 is 1.76 bits per heavy atom. The van der Waals surface area contributed by atoms with Crippen molar-refractivity contribution in [3.8, 4) is 0 Å². The van der Waals surface area contributed by atoms with E-state index < -0.39 is 15.6 Å². The third kappa shape index (κ3) is 3.27. The quantitative estimate of drug-likeness (QED) is 0.884. The first kappa shape index (κ1) is 14.5. The Morgan fingerprint density at radius 1 is 1.14 bits per heavy atom. The summed E-state index contributed by atoms with van der Waals surface area (Å²) in [4.78, 5) is 14.3. The minimum absolute atomic E-state index is 0.220. The molecule has 114 valence electrons. The number of likely N-dealkylation sites (tertiary alicyclic amines) is 1. The van der Waals surface area contributed by atoms with Gasteiger partial charge in [-0.3, -0.25) is 4.79 Å². The molecule has 2 atom stereocenters. The van der Waals surface area contributed by atoms with E-state index in [1.807, 2.05) is 0 Å². The molecule has 2 aliphatic rings. The molecule has 0 radical (unpaired) electrons. The summed E-state index contributed by atoms with van der Waals surface area (Å²) in [5.41, 5.74) is 0. The number of nitrogens with zero attached hydrogens (tertiary/aromatic N) is 1. The van der Waals surface area contributed by atoms with Gasteiger partial charge in [0.2, 0.25) is 5.91 Å². The van der Waals surface area contributed by atoms with Crippen molar-refractivity contribution in [2.24, 2.45) is 11.8 Å². The second kappa shape index (κ2) is 5.77. The summed E-state index contributed by atoms with van der Waals surface area (Å²) in [5.74, 6) is 0.223. The van der Waals surface area contributed by atoms with Crippen LogP contribution in [0.25, 0.3) is 0 Å². The molecule has 2 bridgehead atoms.